The van der Waals surface area contributed by atoms with E-state index in [0.29, 0.717) is 11.3 Å². The van der Waals surface area contributed by atoms with Gasteiger partial charge in [-0.25, -0.2) is 4.79 Å². The first kappa shape index (κ1) is 28.1. The summed E-state index contributed by atoms with van der Waals surface area (Å²) in [6, 6.07) is 10.4. The molecule has 2 aromatic rings. The van der Waals surface area contributed by atoms with Gasteiger partial charge in [0.2, 0.25) is 0 Å². The average Bonchev–Trinajstić information content (AvgIpc) is 2.72. The van der Waals surface area contributed by atoms with Gasteiger partial charge in [-0.15, -0.1) is 0 Å². The van der Waals surface area contributed by atoms with Gasteiger partial charge in [0.15, 0.2) is 0 Å². The number of esters is 1. The van der Waals surface area contributed by atoms with E-state index in [-0.39, 0.29) is 27.6 Å². The summed E-state index contributed by atoms with van der Waals surface area (Å²) in [6.07, 6.45) is 2.01. The van der Waals surface area contributed by atoms with Crippen molar-refractivity contribution in [3.63, 3.8) is 0 Å². The van der Waals surface area contributed by atoms with E-state index in [2.05, 4.69) is 102 Å². The van der Waals surface area contributed by atoms with Gasteiger partial charge in [0, 0.05) is 5.56 Å². The molecule has 2 aromatic carbocycles. The number of carbonyl (C=O) groups is 1. The van der Waals surface area contributed by atoms with Crippen LogP contribution in [-0.4, -0.2) is 5.97 Å². The van der Waals surface area contributed by atoms with Gasteiger partial charge < -0.3 is 4.74 Å². The number of carbonyl (C=O) groups excluding carboxylic acids is 1. The van der Waals surface area contributed by atoms with E-state index in [4.69, 9.17) is 4.74 Å². The molecule has 0 bridgehead atoms. The molecule has 0 aliphatic carbocycles. The van der Waals surface area contributed by atoms with Gasteiger partial charge in [-0.1, -0.05) is 95.2 Å². The molecule has 0 aromatic heterocycles. The first-order valence-corrected chi connectivity index (χ1v) is 12.9. The number of benzene rings is 2. The highest BCUT2D eigenvalue weighted by molar-refractivity contribution is 5.92. The number of ether oxygens (including phenoxy) is 1. The first-order valence-electron chi connectivity index (χ1n) is 12.9. The molecule has 0 N–H and O–H groups in total. The fraction of sp³-hybridized carbons (Fsp3) is 0.594. The van der Waals surface area contributed by atoms with Gasteiger partial charge in [0.05, 0.1) is 5.56 Å². The monoisotopic (exact) mass is 464 g/mol. The second-order valence-corrected chi connectivity index (χ2v) is 13.3. The van der Waals surface area contributed by atoms with E-state index in [1.807, 2.05) is 18.2 Å². The van der Waals surface area contributed by atoms with Crippen molar-refractivity contribution in [2.45, 2.75) is 125 Å². The maximum absolute atomic E-state index is 13.6. The zero-order chi connectivity index (χ0) is 26.3. The minimum atomic E-state index is -0.286. The Bertz CT molecular complexity index is 1000. The van der Waals surface area contributed by atoms with Crippen LogP contribution in [0.2, 0.25) is 0 Å². The van der Waals surface area contributed by atoms with Crippen LogP contribution in [0.3, 0.4) is 0 Å². The molecule has 2 nitrogen and oxygen atoms in total. The van der Waals surface area contributed by atoms with Crippen LogP contribution in [-0.2, 0) is 21.7 Å². The molecule has 0 fully saturated rings. The molecular weight excluding hydrogens is 416 g/mol. The number of hydrogen-bond acceptors (Lipinski definition) is 2. The standard InChI is InChI=1S/C32H48O2/c1-14-31(10,11)23-16-17-27(26(20-23)32(12,13)15-2)34-28(33)22-18-24(29(4,5)6)21(3)25(19-22)30(7,8)9/h16-20H,14-15H2,1-13H3. The second kappa shape index (κ2) is 9.51. The van der Waals surface area contributed by atoms with Crippen LogP contribution in [0.1, 0.15) is 134 Å². The fourth-order valence-corrected chi connectivity index (χ4v) is 4.51. The molecule has 0 saturated carbocycles. The fourth-order valence-electron chi connectivity index (χ4n) is 4.51. The lowest BCUT2D eigenvalue weighted by Gasteiger charge is -2.31. The van der Waals surface area contributed by atoms with Crippen molar-refractivity contribution in [1.29, 1.82) is 0 Å². The molecule has 0 aliphatic heterocycles. The Morgan fingerprint density at radius 2 is 1.18 bits per heavy atom. The van der Waals surface area contributed by atoms with E-state index >= 15 is 0 Å². The Morgan fingerprint density at radius 3 is 1.59 bits per heavy atom. The summed E-state index contributed by atoms with van der Waals surface area (Å²) in [5.74, 6) is 0.384. The summed E-state index contributed by atoms with van der Waals surface area (Å²) in [7, 11) is 0. The van der Waals surface area contributed by atoms with Gasteiger partial charge in [-0.2, -0.15) is 0 Å². The van der Waals surface area contributed by atoms with Crippen molar-refractivity contribution in [1.82, 2.24) is 0 Å². The lowest BCUT2D eigenvalue weighted by Crippen LogP contribution is -2.24. The molecule has 188 valence electrons. The molecule has 0 saturated heterocycles. The number of hydrogen-bond donors (Lipinski definition) is 0. The minimum Gasteiger partial charge on any atom is -0.423 e. The topological polar surface area (TPSA) is 26.3 Å². The maximum Gasteiger partial charge on any atom is 0.343 e. The molecule has 0 unspecified atom stereocenters. The molecule has 2 heteroatoms. The van der Waals surface area contributed by atoms with Crippen molar-refractivity contribution >= 4 is 5.97 Å². The molecule has 0 aliphatic rings. The van der Waals surface area contributed by atoms with Crippen LogP contribution in [0.5, 0.6) is 5.75 Å². The molecule has 0 amide bonds. The summed E-state index contributed by atoms with van der Waals surface area (Å²) < 4.78 is 6.16. The Balaban J connectivity index is 2.63. The molecular formula is C32H48O2. The summed E-state index contributed by atoms with van der Waals surface area (Å²) in [6.45, 7) is 28.8. The largest absolute Gasteiger partial charge is 0.423 e. The van der Waals surface area contributed by atoms with Crippen LogP contribution < -0.4 is 4.74 Å². The zero-order valence-corrected chi connectivity index (χ0v) is 24.1. The summed E-state index contributed by atoms with van der Waals surface area (Å²) in [4.78, 5) is 13.6. The van der Waals surface area contributed by atoms with Crippen LogP contribution in [0.4, 0.5) is 0 Å². The van der Waals surface area contributed by atoms with E-state index in [1.165, 1.54) is 22.3 Å². The van der Waals surface area contributed by atoms with Crippen molar-refractivity contribution < 1.29 is 9.53 Å². The molecule has 34 heavy (non-hydrogen) atoms. The van der Waals surface area contributed by atoms with Crippen molar-refractivity contribution in [3.8, 4) is 5.75 Å². The Kier molecular flexibility index (Phi) is 7.88. The van der Waals surface area contributed by atoms with Gasteiger partial charge >= 0.3 is 5.97 Å². The SMILES string of the molecule is CCC(C)(C)c1ccc(OC(=O)c2cc(C(C)(C)C)c(C)c(C(C)(C)C)c2)c(C(C)(C)CC)c1. The molecule has 2 rings (SSSR count). The normalized spacial score (nSPS) is 13.2. The van der Waals surface area contributed by atoms with Crippen LogP contribution in [0.15, 0.2) is 30.3 Å². The predicted molar refractivity (Wildman–Crippen MR) is 147 cm³/mol. The number of rotatable bonds is 6. The molecule has 0 atom stereocenters. The van der Waals surface area contributed by atoms with Gasteiger partial charge in [0.1, 0.15) is 5.75 Å². The quantitative estimate of drug-likeness (QED) is 0.314. The third kappa shape index (κ3) is 5.93. The van der Waals surface area contributed by atoms with E-state index in [0.717, 1.165) is 18.4 Å². The van der Waals surface area contributed by atoms with Gasteiger partial charge in [-0.05, 0) is 81.9 Å². The third-order valence-electron chi connectivity index (χ3n) is 7.72. The van der Waals surface area contributed by atoms with Crippen LogP contribution in [0.25, 0.3) is 0 Å². The third-order valence-corrected chi connectivity index (χ3v) is 7.72. The Morgan fingerprint density at radius 1 is 0.706 bits per heavy atom. The van der Waals surface area contributed by atoms with E-state index in [9.17, 15) is 4.79 Å². The molecule has 0 heterocycles. The summed E-state index contributed by atoms with van der Waals surface area (Å²) in [5, 5.41) is 0. The minimum absolute atomic E-state index is 0.0664. The molecule has 0 radical (unpaired) electrons. The molecule has 0 spiro atoms. The first-order chi connectivity index (χ1) is 15.3. The Hall–Kier alpha value is -2.09. The zero-order valence-electron chi connectivity index (χ0n) is 24.1. The van der Waals surface area contributed by atoms with Crippen LogP contribution >= 0.6 is 0 Å². The van der Waals surface area contributed by atoms with E-state index in [1.54, 1.807) is 0 Å². The van der Waals surface area contributed by atoms with Crippen molar-refractivity contribution in [2.75, 3.05) is 0 Å². The van der Waals surface area contributed by atoms with Crippen LogP contribution in [0, 0.1) is 6.92 Å². The lowest BCUT2D eigenvalue weighted by atomic mass is 9.75. The maximum atomic E-state index is 13.6. The highest BCUT2D eigenvalue weighted by Gasteiger charge is 2.29. The summed E-state index contributed by atoms with van der Waals surface area (Å²) >= 11 is 0. The van der Waals surface area contributed by atoms with Crippen molar-refractivity contribution in [2.24, 2.45) is 0 Å². The van der Waals surface area contributed by atoms with Gasteiger partial charge in [0.25, 0.3) is 0 Å². The smallest absolute Gasteiger partial charge is 0.343 e. The Labute approximate surface area is 209 Å². The van der Waals surface area contributed by atoms with E-state index < -0.39 is 0 Å². The predicted octanol–water partition coefficient (Wildman–Crippen LogP) is 9.18. The highest BCUT2D eigenvalue weighted by atomic mass is 16.5. The van der Waals surface area contributed by atoms with Crippen molar-refractivity contribution in [3.05, 3.63) is 63.7 Å². The van der Waals surface area contributed by atoms with Gasteiger partial charge in [-0.3, -0.25) is 0 Å². The summed E-state index contributed by atoms with van der Waals surface area (Å²) in [5.41, 5.74) is 6.49. The highest BCUT2D eigenvalue weighted by Crippen LogP contribution is 2.39. The lowest BCUT2D eigenvalue weighted by molar-refractivity contribution is 0.0731. The average molecular weight is 465 g/mol. The second-order valence-electron chi connectivity index (χ2n) is 13.3.